The zero-order chi connectivity index (χ0) is 9.19. The molecule has 0 aliphatic heterocycles. The lowest BCUT2D eigenvalue weighted by Gasteiger charge is -2.29. The van der Waals surface area contributed by atoms with Crippen LogP contribution in [-0.2, 0) is 0 Å². The molecule has 68 valence electrons. The van der Waals surface area contributed by atoms with E-state index in [2.05, 4.69) is 0 Å². The van der Waals surface area contributed by atoms with Gasteiger partial charge in [-0.05, 0) is 18.6 Å². The van der Waals surface area contributed by atoms with Crippen molar-refractivity contribution in [1.82, 2.24) is 0 Å². The molecule has 0 heterocycles. The molecule has 12 heavy (non-hydrogen) atoms. The molecule has 1 aliphatic carbocycles. The molecular weight excluding hydrogens is 158 g/mol. The molecule has 0 N–H and O–H groups in total. The van der Waals surface area contributed by atoms with Crippen molar-refractivity contribution in [2.75, 3.05) is 0 Å². The number of rotatable bonds is 2. The highest BCUT2D eigenvalue weighted by molar-refractivity contribution is 5.24. The van der Waals surface area contributed by atoms with Crippen LogP contribution in [0.4, 0.5) is 8.78 Å². The van der Waals surface area contributed by atoms with Crippen LogP contribution in [0.1, 0.15) is 26.7 Å². The zero-order valence-corrected chi connectivity index (χ0v) is 7.48. The van der Waals surface area contributed by atoms with E-state index in [4.69, 9.17) is 0 Å². The Balaban J connectivity index is 2.76. The molecule has 2 atom stereocenters. The first-order valence-corrected chi connectivity index (χ1v) is 4.29. The maximum absolute atomic E-state index is 13.3. The Morgan fingerprint density at radius 3 is 2.75 bits per heavy atom. The van der Waals surface area contributed by atoms with Gasteiger partial charge in [-0.1, -0.05) is 26.3 Å². The van der Waals surface area contributed by atoms with Gasteiger partial charge in [0.1, 0.15) is 12.0 Å². The summed E-state index contributed by atoms with van der Waals surface area (Å²) in [7, 11) is 0. The average Bonchev–Trinajstić information content (AvgIpc) is 1.99. The van der Waals surface area contributed by atoms with Gasteiger partial charge in [0.15, 0.2) is 0 Å². The van der Waals surface area contributed by atoms with E-state index in [-0.39, 0.29) is 0 Å². The van der Waals surface area contributed by atoms with E-state index in [1.165, 1.54) is 6.08 Å². The van der Waals surface area contributed by atoms with Gasteiger partial charge in [-0.3, -0.25) is 0 Å². The highest BCUT2D eigenvalue weighted by atomic mass is 19.1. The summed E-state index contributed by atoms with van der Waals surface area (Å²) in [5.74, 6) is -0.462. The Kier molecular flexibility index (Phi) is 2.65. The molecule has 0 bridgehead atoms. The summed E-state index contributed by atoms with van der Waals surface area (Å²) in [5.41, 5.74) is -0.496. The minimum atomic E-state index is -1.18. The van der Waals surface area contributed by atoms with E-state index < -0.39 is 17.4 Å². The monoisotopic (exact) mass is 172 g/mol. The Bertz CT molecular complexity index is 218. The number of allylic oxidation sites excluding steroid dienone is 4. The third-order valence-electron chi connectivity index (χ3n) is 2.35. The molecule has 1 rings (SSSR count). The minimum absolute atomic E-state index is 0.462. The van der Waals surface area contributed by atoms with Gasteiger partial charge in [0.05, 0.1) is 0 Å². The number of halogens is 2. The molecule has 0 amide bonds. The third-order valence-corrected chi connectivity index (χ3v) is 2.35. The summed E-state index contributed by atoms with van der Waals surface area (Å²) >= 11 is 0. The normalized spacial score (nSPS) is 35.0. The molecule has 0 spiro atoms. The van der Waals surface area contributed by atoms with Crippen molar-refractivity contribution in [2.24, 2.45) is 5.41 Å². The van der Waals surface area contributed by atoms with Gasteiger partial charge in [0.2, 0.25) is 0 Å². The molecule has 0 aromatic rings. The molecular formula is C10H14F2. The van der Waals surface area contributed by atoms with E-state index in [9.17, 15) is 8.78 Å². The van der Waals surface area contributed by atoms with Crippen molar-refractivity contribution in [1.29, 1.82) is 0 Å². The van der Waals surface area contributed by atoms with Gasteiger partial charge >= 0.3 is 0 Å². The summed E-state index contributed by atoms with van der Waals surface area (Å²) in [6, 6.07) is 0. The zero-order valence-electron chi connectivity index (χ0n) is 7.48. The van der Waals surface area contributed by atoms with Gasteiger partial charge in [-0.2, -0.15) is 0 Å². The van der Waals surface area contributed by atoms with Crippen LogP contribution in [0.2, 0.25) is 0 Å². The molecule has 1 aliphatic rings. The second-order valence-corrected chi connectivity index (χ2v) is 3.54. The third kappa shape index (κ3) is 1.74. The SMILES string of the molecule is CCCC1(C)C=CC(F)=CC1F. The van der Waals surface area contributed by atoms with Crippen molar-refractivity contribution >= 4 is 0 Å². The highest BCUT2D eigenvalue weighted by Gasteiger charge is 2.32. The van der Waals surface area contributed by atoms with E-state index >= 15 is 0 Å². The fourth-order valence-electron chi connectivity index (χ4n) is 1.51. The largest absolute Gasteiger partial charge is 0.242 e. The maximum Gasteiger partial charge on any atom is 0.130 e. The lowest BCUT2D eigenvalue weighted by Crippen LogP contribution is -2.27. The minimum Gasteiger partial charge on any atom is -0.242 e. The lowest BCUT2D eigenvalue weighted by atomic mass is 9.78. The molecule has 0 aromatic heterocycles. The molecule has 0 saturated carbocycles. The first-order chi connectivity index (χ1) is 5.58. The highest BCUT2D eigenvalue weighted by Crippen LogP contribution is 2.36. The first kappa shape index (κ1) is 9.43. The van der Waals surface area contributed by atoms with Crippen molar-refractivity contribution in [3.05, 3.63) is 24.1 Å². The standard InChI is InChI=1S/C10H14F2/c1-3-5-10(2)6-4-8(11)7-9(10)12/h4,6-7,9H,3,5H2,1-2H3. The Hall–Kier alpha value is -0.660. The van der Waals surface area contributed by atoms with Crippen LogP contribution < -0.4 is 0 Å². The Labute approximate surface area is 72.0 Å². The van der Waals surface area contributed by atoms with Crippen molar-refractivity contribution < 1.29 is 8.78 Å². The fraction of sp³-hybridized carbons (Fsp3) is 0.600. The van der Waals surface area contributed by atoms with Gasteiger partial charge in [0, 0.05) is 5.41 Å². The molecule has 0 aromatic carbocycles. The van der Waals surface area contributed by atoms with Crippen molar-refractivity contribution in [2.45, 2.75) is 32.9 Å². The summed E-state index contributed by atoms with van der Waals surface area (Å²) in [6.07, 6.45) is 4.53. The fourth-order valence-corrected chi connectivity index (χ4v) is 1.51. The van der Waals surface area contributed by atoms with Gasteiger partial charge in [-0.15, -0.1) is 0 Å². The van der Waals surface area contributed by atoms with Crippen molar-refractivity contribution in [3.63, 3.8) is 0 Å². The Morgan fingerprint density at radius 1 is 1.58 bits per heavy atom. The Morgan fingerprint density at radius 2 is 2.25 bits per heavy atom. The number of hydrogen-bond donors (Lipinski definition) is 0. The quantitative estimate of drug-likeness (QED) is 0.597. The second-order valence-electron chi connectivity index (χ2n) is 3.54. The molecule has 0 fully saturated rings. The van der Waals surface area contributed by atoms with E-state index in [1.54, 1.807) is 6.08 Å². The van der Waals surface area contributed by atoms with Crippen LogP contribution >= 0.6 is 0 Å². The average molecular weight is 172 g/mol. The molecule has 2 unspecified atom stereocenters. The van der Waals surface area contributed by atoms with E-state index in [0.717, 1.165) is 18.9 Å². The van der Waals surface area contributed by atoms with Crippen LogP contribution in [0.15, 0.2) is 24.1 Å². The molecule has 0 radical (unpaired) electrons. The van der Waals surface area contributed by atoms with Crippen LogP contribution in [0, 0.1) is 5.41 Å². The van der Waals surface area contributed by atoms with E-state index in [0.29, 0.717) is 0 Å². The first-order valence-electron chi connectivity index (χ1n) is 4.29. The molecule has 0 saturated heterocycles. The van der Waals surface area contributed by atoms with Gasteiger partial charge in [-0.25, -0.2) is 8.78 Å². The van der Waals surface area contributed by atoms with E-state index in [1.807, 2.05) is 13.8 Å². The van der Waals surface area contributed by atoms with Gasteiger partial charge < -0.3 is 0 Å². The van der Waals surface area contributed by atoms with Crippen molar-refractivity contribution in [3.8, 4) is 0 Å². The summed E-state index contributed by atoms with van der Waals surface area (Å²) in [6.45, 7) is 3.82. The number of hydrogen-bond acceptors (Lipinski definition) is 0. The predicted octanol–water partition coefficient (Wildman–Crippen LogP) is 3.55. The number of alkyl halides is 1. The summed E-state index contributed by atoms with van der Waals surface area (Å²) in [4.78, 5) is 0. The second kappa shape index (κ2) is 3.38. The van der Waals surface area contributed by atoms with Gasteiger partial charge in [0.25, 0.3) is 0 Å². The molecule has 0 nitrogen and oxygen atoms in total. The molecule has 2 heteroatoms. The van der Waals surface area contributed by atoms with Crippen LogP contribution in [0.5, 0.6) is 0 Å². The summed E-state index contributed by atoms with van der Waals surface area (Å²) < 4.78 is 25.9. The van der Waals surface area contributed by atoms with Crippen LogP contribution in [0.3, 0.4) is 0 Å². The smallest absolute Gasteiger partial charge is 0.130 e. The van der Waals surface area contributed by atoms with Crippen LogP contribution in [0.25, 0.3) is 0 Å². The lowest BCUT2D eigenvalue weighted by molar-refractivity contribution is 0.199. The topological polar surface area (TPSA) is 0 Å². The summed E-state index contributed by atoms with van der Waals surface area (Å²) in [5, 5.41) is 0. The maximum atomic E-state index is 13.3. The van der Waals surface area contributed by atoms with Crippen LogP contribution in [-0.4, -0.2) is 6.17 Å². The predicted molar refractivity (Wildman–Crippen MR) is 46.2 cm³/mol.